The van der Waals surface area contributed by atoms with Crippen LogP contribution in [0, 0.1) is 5.92 Å². The summed E-state index contributed by atoms with van der Waals surface area (Å²) in [5.74, 6) is -0.891. The van der Waals surface area contributed by atoms with Gasteiger partial charge in [-0.1, -0.05) is 25.1 Å². The number of nitrogens with zero attached hydrogens (tertiary/aromatic N) is 2. The van der Waals surface area contributed by atoms with Crippen molar-refractivity contribution in [2.45, 2.75) is 25.9 Å². The molecule has 0 spiro atoms. The number of nitrogens with two attached hydrogens (primary N) is 1. The van der Waals surface area contributed by atoms with Crippen molar-refractivity contribution in [2.24, 2.45) is 11.7 Å². The molecule has 2 heterocycles. The number of aliphatic hydroxyl groups is 1. The summed E-state index contributed by atoms with van der Waals surface area (Å²) < 4.78 is 0. The summed E-state index contributed by atoms with van der Waals surface area (Å²) in [4.78, 5) is 30.2. The second-order valence-corrected chi connectivity index (χ2v) is 6.24. The van der Waals surface area contributed by atoms with Crippen LogP contribution in [0.1, 0.15) is 29.3 Å². The van der Waals surface area contributed by atoms with E-state index in [-0.39, 0.29) is 24.8 Å². The van der Waals surface area contributed by atoms with Gasteiger partial charge in [-0.05, 0) is 18.1 Å². The minimum Gasteiger partial charge on any atom is -0.391 e. The fourth-order valence-electron chi connectivity index (χ4n) is 3.34. The molecule has 1 aliphatic rings. The van der Waals surface area contributed by atoms with Crippen LogP contribution in [0.5, 0.6) is 0 Å². The second kappa shape index (κ2) is 6.57. The molecule has 3 N–H and O–H groups in total. The Morgan fingerprint density at radius 2 is 2.08 bits per heavy atom. The molecule has 0 aliphatic carbocycles. The molecule has 0 bridgehead atoms. The maximum absolute atomic E-state index is 13.1. The molecule has 2 amide bonds. The number of benzene rings is 1. The summed E-state index contributed by atoms with van der Waals surface area (Å²) in [6.45, 7) is 2.54. The molecule has 0 saturated carbocycles. The van der Waals surface area contributed by atoms with E-state index in [4.69, 9.17) is 5.73 Å². The molecule has 1 saturated heterocycles. The molecule has 1 fully saturated rings. The average molecular weight is 327 g/mol. The Labute approximate surface area is 140 Å². The SMILES string of the molecule is CCc1cnc2ccccc2c1C(=O)N1C[C@@H](CC(N)=O)[C@H](O)C1. The predicted octanol–water partition coefficient (Wildman–Crippen LogP) is 1.11. The van der Waals surface area contributed by atoms with Crippen molar-refractivity contribution < 1.29 is 14.7 Å². The lowest BCUT2D eigenvalue weighted by atomic mass is 10.0. The Morgan fingerprint density at radius 1 is 1.33 bits per heavy atom. The Kier molecular flexibility index (Phi) is 4.49. The number of likely N-dealkylation sites (tertiary alicyclic amines) is 1. The summed E-state index contributed by atoms with van der Waals surface area (Å²) in [6.07, 6.45) is 1.80. The first-order chi connectivity index (χ1) is 11.5. The Bertz CT molecular complexity index is 790. The number of fused-ring (bicyclic) bond motifs is 1. The zero-order valence-corrected chi connectivity index (χ0v) is 13.6. The highest BCUT2D eigenvalue weighted by atomic mass is 16.3. The smallest absolute Gasteiger partial charge is 0.254 e. The number of aromatic nitrogens is 1. The minimum atomic E-state index is -0.723. The van der Waals surface area contributed by atoms with Crippen molar-refractivity contribution in [3.63, 3.8) is 0 Å². The van der Waals surface area contributed by atoms with Crippen molar-refractivity contribution in [1.82, 2.24) is 9.88 Å². The number of rotatable bonds is 4. The van der Waals surface area contributed by atoms with E-state index in [1.54, 1.807) is 11.1 Å². The largest absolute Gasteiger partial charge is 0.391 e. The Balaban J connectivity index is 1.96. The number of hydrogen-bond donors (Lipinski definition) is 2. The summed E-state index contributed by atoms with van der Waals surface area (Å²) in [5.41, 5.74) is 7.51. The normalized spacial score (nSPS) is 20.5. The van der Waals surface area contributed by atoms with E-state index in [9.17, 15) is 14.7 Å². The van der Waals surface area contributed by atoms with Gasteiger partial charge in [-0.3, -0.25) is 14.6 Å². The van der Waals surface area contributed by atoms with Gasteiger partial charge in [0.15, 0.2) is 0 Å². The molecule has 6 heteroatoms. The third-order valence-electron chi connectivity index (χ3n) is 4.61. The van der Waals surface area contributed by atoms with Crippen LogP contribution in [0.2, 0.25) is 0 Å². The van der Waals surface area contributed by atoms with E-state index in [0.29, 0.717) is 18.5 Å². The number of hydrogen-bond acceptors (Lipinski definition) is 4. The van der Waals surface area contributed by atoms with Crippen molar-refractivity contribution in [2.75, 3.05) is 13.1 Å². The van der Waals surface area contributed by atoms with Gasteiger partial charge in [-0.15, -0.1) is 0 Å². The molecule has 24 heavy (non-hydrogen) atoms. The van der Waals surface area contributed by atoms with Crippen LogP contribution in [0.15, 0.2) is 30.5 Å². The van der Waals surface area contributed by atoms with E-state index >= 15 is 0 Å². The fourth-order valence-corrected chi connectivity index (χ4v) is 3.34. The second-order valence-electron chi connectivity index (χ2n) is 6.24. The van der Waals surface area contributed by atoms with Gasteiger partial charge < -0.3 is 15.7 Å². The predicted molar refractivity (Wildman–Crippen MR) is 90.3 cm³/mol. The molecule has 6 nitrogen and oxygen atoms in total. The lowest BCUT2D eigenvalue weighted by Crippen LogP contribution is -2.30. The van der Waals surface area contributed by atoms with Crippen LogP contribution in [0.4, 0.5) is 0 Å². The molecule has 0 radical (unpaired) electrons. The number of β-amino-alcohol motifs (C(OH)–C–C–N with tert-alkyl or cyclic N) is 1. The van der Waals surface area contributed by atoms with Gasteiger partial charge in [0.05, 0.1) is 17.2 Å². The molecule has 1 aromatic carbocycles. The van der Waals surface area contributed by atoms with Crippen molar-refractivity contribution in [3.8, 4) is 0 Å². The first-order valence-electron chi connectivity index (χ1n) is 8.13. The van der Waals surface area contributed by atoms with Crippen LogP contribution < -0.4 is 5.73 Å². The maximum atomic E-state index is 13.1. The molecule has 0 unspecified atom stereocenters. The number of aliphatic hydroxyl groups excluding tert-OH is 1. The topological polar surface area (TPSA) is 96.5 Å². The molecular weight excluding hydrogens is 306 g/mol. The molecule has 1 aromatic heterocycles. The quantitative estimate of drug-likeness (QED) is 0.879. The van der Waals surface area contributed by atoms with E-state index in [1.807, 2.05) is 31.2 Å². The van der Waals surface area contributed by atoms with Crippen LogP contribution in [0.3, 0.4) is 0 Å². The maximum Gasteiger partial charge on any atom is 0.254 e. The number of amides is 2. The van der Waals surface area contributed by atoms with Crippen LogP contribution in [0.25, 0.3) is 10.9 Å². The van der Waals surface area contributed by atoms with Gasteiger partial charge in [0, 0.05) is 37.0 Å². The lowest BCUT2D eigenvalue weighted by molar-refractivity contribution is -0.119. The number of para-hydroxylation sites is 1. The molecular formula is C18H21N3O3. The molecule has 126 valence electrons. The molecule has 3 rings (SSSR count). The first kappa shape index (κ1) is 16.4. The summed E-state index contributed by atoms with van der Waals surface area (Å²) in [6, 6.07) is 7.54. The van der Waals surface area contributed by atoms with Gasteiger partial charge in [0.1, 0.15) is 0 Å². The van der Waals surface area contributed by atoms with E-state index in [1.165, 1.54) is 0 Å². The van der Waals surface area contributed by atoms with Crippen molar-refractivity contribution in [1.29, 1.82) is 0 Å². The van der Waals surface area contributed by atoms with Crippen LogP contribution >= 0.6 is 0 Å². The number of carbonyl (C=O) groups excluding carboxylic acids is 2. The summed E-state index contributed by atoms with van der Waals surface area (Å²) in [7, 11) is 0. The highest BCUT2D eigenvalue weighted by Gasteiger charge is 2.36. The molecule has 2 atom stereocenters. The third-order valence-corrected chi connectivity index (χ3v) is 4.61. The number of primary amides is 1. The van der Waals surface area contributed by atoms with Gasteiger partial charge >= 0.3 is 0 Å². The minimum absolute atomic E-state index is 0.0860. The molecule has 2 aromatic rings. The summed E-state index contributed by atoms with van der Waals surface area (Å²) in [5, 5.41) is 10.9. The van der Waals surface area contributed by atoms with Crippen molar-refractivity contribution >= 4 is 22.7 Å². The Morgan fingerprint density at radius 3 is 2.79 bits per heavy atom. The van der Waals surface area contributed by atoms with Gasteiger partial charge in [0.25, 0.3) is 5.91 Å². The summed E-state index contributed by atoms with van der Waals surface area (Å²) >= 11 is 0. The average Bonchev–Trinajstić information content (AvgIpc) is 2.93. The monoisotopic (exact) mass is 327 g/mol. The Hall–Kier alpha value is -2.47. The van der Waals surface area contributed by atoms with Gasteiger partial charge in [0.2, 0.25) is 5.91 Å². The fraction of sp³-hybridized carbons (Fsp3) is 0.389. The third kappa shape index (κ3) is 2.97. The zero-order valence-electron chi connectivity index (χ0n) is 13.6. The number of aryl methyl sites for hydroxylation is 1. The number of carbonyl (C=O) groups is 2. The van der Waals surface area contributed by atoms with Crippen LogP contribution in [-0.2, 0) is 11.2 Å². The molecule has 1 aliphatic heterocycles. The van der Waals surface area contributed by atoms with E-state index < -0.39 is 12.0 Å². The standard InChI is InChI=1S/C18H21N3O3/c1-2-11-8-20-14-6-4-3-5-13(14)17(11)18(24)21-9-12(7-16(19)23)15(22)10-21/h3-6,8,12,15,22H,2,7,9-10H2,1H3,(H2,19,23)/t12-,15-/m1/s1. The number of pyridine rings is 1. The first-order valence-corrected chi connectivity index (χ1v) is 8.13. The van der Waals surface area contributed by atoms with Crippen LogP contribution in [-0.4, -0.2) is 46.0 Å². The van der Waals surface area contributed by atoms with E-state index in [0.717, 1.165) is 16.5 Å². The lowest BCUT2D eigenvalue weighted by Gasteiger charge is -2.19. The highest BCUT2D eigenvalue weighted by Crippen LogP contribution is 2.27. The van der Waals surface area contributed by atoms with Gasteiger partial charge in [-0.2, -0.15) is 0 Å². The highest BCUT2D eigenvalue weighted by molar-refractivity contribution is 6.07. The van der Waals surface area contributed by atoms with Crippen molar-refractivity contribution in [3.05, 3.63) is 41.6 Å². The zero-order chi connectivity index (χ0) is 17.3. The van der Waals surface area contributed by atoms with E-state index in [2.05, 4.69) is 4.98 Å². The van der Waals surface area contributed by atoms with Gasteiger partial charge in [-0.25, -0.2) is 0 Å².